The Labute approximate surface area is 148 Å². The highest BCUT2D eigenvalue weighted by molar-refractivity contribution is 7.89. The number of ether oxygens (including phenoxy) is 2. The number of fused-ring (bicyclic) bond motifs is 1. The lowest BCUT2D eigenvalue weighted by molar-refractivity contribution is 0.174. The molecule has 25 heavy (non-hydrogen) atoms. The fourth-order valence-corrected chi connectivity index (χ4v) is 3.92. The lowest BCUT2D eigenvalue weighted by atomic mass is 10.1. The van der Waals surface area contributed by atoms with Crippen LogP contribution in [0.4, 0.5) is 0 Å². The van der Waals surface area contributed by atoms with Crippen molar-refractivity contribution in [3.8, 4) is 11.5 Å². The summed E-state index contributed by atoms with van der Waals surface area (Å²) in [4.78, 5) is 2.24. The largest absolute Gasteiger partial charge is 0.454 e. The summed E-state index contributed by atoms with van der Waals surface area (Å²) < 4.78 is 38.6. The molecule has 1 N–H and O–H groups in total. The fourth-order valence-electron chi connectivity index (χ4n) is 2.77. The molecular formula is C18H22N2O4S. The Kier molecular flexibility index (Phi) is 4.99. The summed E-state index contributed by atoms with van der Waals surface area (Å²) in [6.45, 7) is 2.34. The molecule has 0 saturated heterocycles. The van der Waals surface area contributed by atoms with E-state index in [1.807, 2.05) is 50.2 Å². The number of nitrogens with zero attached hydrogens (tertiary/aromatic N) is 1. The minimum atomic E-state index is -3.56. The summed E-state index contributed by atoms with van der Waals surface area (Å²) in [5.74, 6) is 1.40. The second kappa shape index (κ2) is 7.03. The molecule has 0 fully saturated rings. The number of rotatable bonds is 6. The average molecular weight is 362 g/mol. The Bertz CT molecular complexity index is 865. The Morgan fingerprint density at radius 3 is 2.60 bits per heavy atom. The van der Waals surface area contributed by atoms with Crippen LogP contribution in [0, 0.1) is 6.92 Å². The summed E-state index contributed by atoms with van der Waals surface area (Å²) in [6, 6.07) is 12.4. The van der Waals surface area contributed by atoms with Crippen molar-refractivity contribution in [2.45, 2.75) is 17.9 Å². The van der Waals surface area contributed by atoms with Gasteiger partial charge in [-0.2, -0.15) is 0 Å². The van der Waals surface area contributed by atoms with Crippen LogP contribution in [0.25, 0.3) is 0 Å². The van der Waals surface area contributed by atoms with Crippen molar-refractivity contribution in [2.24, 2.45) is 0 Å². The van der Waals surface area contributed by atoms with E-state index in [0.29, 0.717) is 11.5 Å². The van der Waals surface area contributed by atoms with Crippen molar-refractivity contribution in [2.75, 3.05) is 27.4 Å². The molecule has 0 spiro atoms. The number of aryl methyl sites for hydroxylation is 1. The molecule has 1 aliphatic heterocycles. The number of hydrogen-bond donors (Lipinski definition) is 1. The zero-order valence-electron chi connectivity index (χ0n) is 14.5. The molecular weight excluding hydrogens is 340 g/mol. The first kappa shape index (κ1) is 17.7. The molecule has 2 aromatic rings. The van der Waals surface area contributed by atoms with Gasteiger partial charge in [-0.25, -0.2) is 13.1 Å². The van der Waals surface area contributed by atoms with Crippen LogP contribution in [-0.4, -0.2) is 40.8 Å². The van der Waals surface area contributed by atoms with E-state index in [2.05, 4.69) is 4.72 Å². The molecule has 2 aromatic carbocycles. The molecule has 0 amide bonds. The third kappa shape index (κ3) is 3.95. The molecule has 0 aromatic heterocycles. The van der Waals surface area contributed by atoms with Gasteiger partial charge >= 0.3 is 0 Å². The second-order valence-electron chi connectivity index (χ2n) is 6.26. The molecule has 0 bridgehead atoms. The number of nitrogens with one attached hydrogen (secondary N) is 1. The van der Waals surface area contributed by atoms with Crippen LogP contribution in [0.3, 0.4) is 0 Å². The van der Waals surface area contributed by atoms with Gasteiger partial charge in [-0.3, -0.25) is 0 Å². The van der Waals surface area contributed by atoms with Gasteiger partial charge in [0.25, 0.3) is 0 Å². The highest BCUT2D eigenvalue weighted by Gasteiger charge is 2.22. The van der Waals surface area contributed by atoms with Gasteiger partial charge in [-0.1, -0.05) is 18.2 Å². The zero-order chi connectivity index (χ0) is 18.0. The number of likely N-dealkylation sites (N-methyl/N-ethyl adjacent to an activating group) is 1. The quantitative estimate of drug-likeness (QED) is 0.854. The maximum atomic E-state index is 12.6. The van der Waals surface area contributed by atoms with E-state index in [1.165, 1.54) is 0 Å². The van der Waals surface area contributed by atoms with Gasteiger partial charge in [0.1, 0.15) is 0 Å². The van der Waals surface area contributed by atoms with Gasteiger partial charge in [0.05, 0.1) is 4.90 Å². The molecule has 1 atom stereocenters. The fraction of sp³-hybridized carbons (Fsp3) is 0.333. The third-order valence-corrected chi connectivity index (χ3v) is 5.59. The van der Waals surface area contributed by atoms with Crippen molar-refractivity contribution in [1.29, 1.82) is 0 Å². The maximum absolute atomic E-state index is 12.6. The first-order chi connectivity index (χ1) is 11.9. The maximum Gasteiger partial charge on any atom is 0.240 e. The molecule has 0 aliphatic carbocycles. The van der Waals surface area contributed by atoms with E-state index in [4.69, 9.17) is 9.47 Å². The number of benzene rings is 2. The van der Waals surface area contributed by atoms with Crippen LogP contribution in [0.2, 0.25) is 0 Å². The Morgan fingerprint density at radius 2 is 1.88 bits per heavy atom. The van der Waals surface area contributed by atoms with Gasteiger partial charge in [-0.05, 0) is 56.4 Å². The van der Waals surface area contributed by atoms with Gasteiger partial charge in [0.2, 0.25) is 16.8 Å². The Balaban J connectivity index is 1.79. The molecule has 7 heteroatoms. The second-order valence-corrected chi connectivity index (χ2v) is 8.03. The first-order valence-corrected chi connectivity index (χ1v) is 9.47. The Hall–Kier alpha value is -2.09. The predicted octanol–water partition coefficient (Wildman–Crippen LogP) is 2.30. The average Bonchev–Trinajstić information content (AvgIpc) is 3.02. The summed E-state index contributed by atoms with van der Waals surface area (Å²) in [6.07, 6.45) is 0. The summed E-state index contributed by atoms with van der Waals surface area (Å²) >= 11 is 0. The van der Waals surface area contributed by atoms with Crippen molar-refractivity contribution >= 4 is 10.0 Å². The lowest BCUT2D eigenvalue weighted by Gasteiger charge is -2.25. The minimum Gasteiger partial charge on any atom is -0.454 e. The molecule has 0 saturated carbocycles. The summed E-state index contributed by atoms with van der Waals surface area (Å²) in [5.41, 5.74) is 1.86. The normalized spacial score (nSPS) is 14.7. The van der Waals surface area contributed by atoms with Crippen LogP contribution < -0.4 is 14.2 Å². The van der Waals surface area contributed by atoms with Gasteiger partial charge in [0, 0.05) is 12.6 Å². The van der Waals surface area contributed by atoms with Gasteiger partial charge < -0.3 is 14.4 Å². The van der Waals surface area contributed by atoms with E-state index >= 15 is 0 Å². The van der Waals surface area contributed by atoms with E-state index in [0.717, 1.165) is 11.1 Å². The van der Waals surface area contributed by atoms with E-state index in [9.17, 15) is 8.42 Å². The predicted molar refractivity (Wildman–Crippen MR) is 95.4 cm³/mol. The van der Waals surface area contributed by atoms with Crippen LogP contribution in [-0.2, 0) is 10.0 Å². The summed E-state index contributed by atoms with van der Waals surface area (Å²) in [7, 11) is 0.262. The number of sulfonamides is 1. The minimum absolute atomic E-state index is 0.130. The van der Waals surface area contributed by atoms with Gasteiger partial charge in [-0.15, -0.1) is 0 Å². The highest BCUT2D eigenvalue weighted by atomic mass is 32.2. The van der Waals surface area contributed by atoms with E-state index in [-0.39, 0.29) is 24.3 Å². The van der Waals surface area contributed by atoms with Crippen LogP contribution in [0.15, 0.2) is 47.4 Å². The molecule has 6 nitrogen and oxygen atoms in total. The SMILES string of the molecule is Cc1cccc(S(=O)(=O)NCC(c2ccc3c(c2)OCO3)N(C)C)c1. The van der Waals surface area contributed by atoms with Crippen LogP contribution >= 0.6 is 0 Å². The van der Waals surface area contributed by atoms with Gasteiger partial charge in [0.15, 0.2) is 11.5 Å². The molecule has 3 rings (SSSR count). The van der Waals surface area contributed by atoms with Crippen LogP contribution in [0.5, 0.6) is 11.5 Å². The zero-order valence-corrected chi connectivity index (χ0v) is 15.3. The monoisotopic (exact) mass is 362 g/mol. The lowest BCUT2D eigenvalue weighted by Crippen LogP contribution is -2.34. The van der Waals surface area contributed by atoms with E-state index in [1.54, 1.807) is 18.2 Å². The van der Waals surface area contributed by atoms with Crippen molar-refractivity contribution < 1.29 is 17.9 Å². The first-order valence-electron chi connectivity index (χ1n) is 7.99. The van der Waals surface area contributed by atoms with Crippen molar-refractivity contribution in [3.63, 3.8) is 0 Å². The number of hydrogen-bond acceptors (Lipinski definition) is 5. The standard InChI is InChI=1S/C18H22N2O4S/c1-13-5-4-6-15(9-13)25(21,22)19-11-16(20(2)3)14-7-8-17-18(10-14)24-12-23-17/h4-10,16,19H,11-12H2,1-3H3. The molecule has 0 radical (unpaired) electrons. The smallest absolute Gasteiger partial charge is 0.240 e. The third-order valence-electron chi connectivity index (χ3n) is 4.17. The molecule has 134 valence electrons. The molecule has 1 aliphatic rings. The molecule has 1 unspecified atom stereocenters. The molecule has 1 heterocycles. The van der Waals surface area contributed by atoms with E-state index < -0.39 is 10.0 Å². The van der Waals surface area contributed by atoms with Crippen molar-refractivity contribution in [3.05, 3.63) is 53.6 Å². The Morgan fingerprint density at radius 1 is 1.12 bits per heavy atom. The summed E-state index contributed by atoms with van der Waals surface area (Å²) in [5, 5.41) is 0. The van der Waals surface area contributed by atoms with Crippen molar-refractivity contribution in [1.82, 2.24) is 9.62 Å². The highest BCUT2D eigenvalue weighted by Crippen LogP contribution is 2.35. The van der Waals surface area contributed by atoms with Crippen LogP contribution in [0.1, 0.15) is 17.2 Å². The topological polar surface area (TPSA) is 67.9 Å².